The molecule has 0 aromatic heterocycles. The molecule has 5 heteroatoms. The fraction of sp³-hybridized carbons (Fsp3) is 0.500. The largest absolute Gasteiger partial charge is 0.378 e. The van der Waals surface area contributed by atoms with Crippen molar-refractivity contribution in [1.82, 2.24) is 10.2 Å². The molecule has 0 unspecified atom stereocenters. The highest BCUT2D eigenvalue weighted by molar-refractivity contribution is 5.88. The second kappa shape index (κ2) is 8.30. The minimum atomic E-state index is -0.300. The van der Waals surface area contributed by atoms with Crippen molar-refractivity contribution in [2.45, 2.75) is 25.8 Å². The van der Waals surface area contributed by atoms with Crippen LogP contribution in [0.4, 0.5) is 0 Å². The number of hydrogen-bond acceptors (Lipinski definition) is 3. The molecule has 134 valence electrons. The third-order valence-corrected chi connectivity index (χ3v) is 5.07. The molecule has 1 N–H and O–H groups in total. The van der Waals surface area contributed by atoms with Crippen LogP contribution >= 0.6 is 0 Å². The fourth-order valence-electron chi connectivity index (χ4n) is 3.54. The lowest BCUT2D eigenvalue weighted by atomic mass is 9.81. The molecule has 2 aliphatic rings. The van der Waals surface area contributed by atoms with Crippen LogP contribution in [0.15, 0.2) is 42.5 Å². The summed E-state index contributed by atoms with van der Waals surface area (Å²) in [6, 6.07) is 9.82. The normalized spacial score (nSPS) is 24.6. The summed E-state index contributed by atoms with van der Waals surface area (Å²) >= 11 is 0. The zero-order valence-electron chi connectivity index (χ0n) is 14.7. The summed E-state index contributed by atoms with van der Waals surface area (Å²) in [5.74, 6) is -0.523. The van der Waals surface area contributed by atoms with Gasteiger partial charge in [0, 0.05) is 13.1 Å². The molecule has 0 bridgehead atoms. The minimum absolute atomic E-state index is 0.0349. The van der Waals surface area contributed by atoms with Crippen molar-refractivity contribution in [1.29, 1.82) is 0 Å². The number of morpholine rings is 1. The molecule has 25 heavy (non-hydrogen) atoms. The van der Waals surface area contributed by atoms with Crippen molar-refractivity contribution in [3.63, 3.8) is 0 Å². The first-order chi connectivity index (χ1) is 12.2. The lowest BCUT2D eigenvalue weighted by molar-refractivity contribution is -0.145. The Bertz CT molecular complexity index is 623. The van der Waals surface area contributed by atoms with Crippen LogP contribution in [0.3, 0.4) is 0 Å². The quantitative estimate of drug-likeness (QED) is 0.854. The van der Waals surface area contributed by atoms with Gasteiger partial charge in [-0.05, 0) is 25.3 Å². The maximum Gasteiger partial charge on any atom is 0.226 e. The highest BCUT2D eigenvalue weighted by Gasteiger charge is 2.37. The summed E-state index contributed by atoms with van der Waals surface area (Å²) in [4.78, 5) is 27.6. The number of ether oxygens (including phenoxy) is 1. The highest BCUT2D eigenvalue weighted by atomic mass is 16.5. The van der Waals surface area contributed by atoms with Gasteiger partial charge in [0.05, 0.1) is 31.1 Å². The van der Waals surface area contributed by atoms with Gasteiger partial charge in [0.2, 0.25) is 11.8 Å². The molecular weight excluding hydrogens is 316 g/mol. The van der Waals surface area contributed by atoms with E-state index in [0.717, 1.165) is 5.56 Å². The number of hydrogen-bond donors (Lipinski definition) is 1. The summed E-state index contributed by atoms with van der Waals surface area (Å²) in [5, 5.41) is 3.09. The summed E-state index contributed by atoms with van der Waals surface area (Å²) < 4.78 is 5.33. The maximum absolute atomic E-state index is 12.9. The van der Waals surface area contributed by atoms with Crippen molar-refractivity contribution in [3.05, 3.63) is 48.0 Å². The minimum Gasteiger partial charge on any atom is -0.378 e. The van der Waals surface area contributed by atoms with E-state index in [-0.39, 0.29) is 29.7 Å². The van der Waals surface area contributed by atoms with Crippen molar-refractivity contribution in [3.8, 4) is 0 Å². The first-order valence-corrected chi connectivity index (χ1v) is 9.03. The summed E-state index contributed by atoms with van der Waals surface area (Å²) in [6.07, 6.45) is 5.29. The van der Waals surface area contributed by atoms with Crippen LogP contribution in [0.2, 0.25) is 0 Å². The van der Waals surface area contributed by atoms with Crippen molar-refractivity contribution in [2.75, 3.05) is 26.3 Å². The van der Waals surface area contributed by atoms with Gasteiger partial charge in [-0.25, -0.2) is 0 Å². The molecular formula is C20H26N2O3. The van der Waals surface area contributed by atoms with Gasteiger partial charge in [-0.3, -0.25) is 9.59 Å². The Morgan fingerprint density at radius 3 is 2.40 bits per heavy atom. The van der Waals surface area contributed by atoms with Crippen LogP contribution < -0.4 is 5.32 Å². The molecule has 5 nitrogen and oxygen atoms in total. The molecule has 1 aliphatic carbocycles. The van der Waals surface area contributed by atoms with Gasteiger partial charge in [-0.2, -0.15) is 0 Å². The van der Waals surface area contributed by atoms with E-state index in [9.17, 15) is 9.59 Å². The molecule has 0 spiro atoms. The second-order valence-corrected chi connectivity index (χ2v) is 6.73. The molecule has 0 saturated carbocycles. The van der Waals surface area contributed by atoms with Crippen molar-refractivity contribution < 1.29 is 14.3 Å². The number of carbonyl (C=O) groups excluding carboxylic acids is 2. The smallest absolute Gasteiger partial charge is 0.226 e. The zero-order chi connectivity index (χ0) is 17.6. The Morgan fingerprint density at radius 1 is 1.08 bits per heavy atom. The number of nitrogens with one attached hydrogen (secondary N) is 1. The van der Waals surface area contributed by atoms with Crippen LogP contribution in [0.5, 0.6) is 0 Å². The molecule has 3 rings (SSSR count). The monoisotopic (exact) mass is 342 g/mol. The van der Waals surface area contributed by atoms with Gasteiger partial charge in [-0.1, -0.05) is 42.5 Å². The lowest BCUT2D eigenvalue weighted by Crippen LogP contribution is -2.48. The van der Waals surface area contributed by atoms with E-state index in [1.54, 1.807) is 0 Å². The maximum atomic E-state index is 12.9. The molecule has 3 atom stereocenters. The summed E-state index contributed by atoms with van der Waals surface area (Å²) in [7, 11) is 0. The molecule has 1 saturated heterocycles. The Kier molecular flexibility index (Phi) is 5.87. The Hall–Kier alpha value is -2.14. The van der Waals surface area contributed by atoms with Gasteiger partial charge in [-0.15, -0.1) is 0 Å². The van der Waals surface area contributed by atoms with Gasteiger partial charge >= 0.3 is 0 Å². The Morgan fingerprint density at radius 2 is 1.72 bits per heavy atom. The van der Waals surface area contributed by atoms with E-state index < -0.39 is 0 Å². The third-order valence-electron chi connectivity index (χ3n) is 5.07. The molecule has 2 amide bonds. The molecule has 1 aromatic rings. The van der Waals surface area contributed by atoms with E-state index in [1.807, 2.05) is 54.3 Å². The Balaban J connectivity index is 1.66. The van der Waals surface area contributed by atoms with Crippen molar-refractivity contribution >= 4 is 11.8 Å². The first kappa shape index (κ1) is 17.7. The van der Waals surface area contributed by atoms with Gasteiger partial charge in [0.25, 0.3) is 0 Å². The molecule has 1 fully saturated rings. The lowest BCUT2D eigenvalue weighted by Gasteiger charge is -2.34. The number of amides is 2. The first-order valence-electron chi connectivity index (χ1n) is 9.03. The third kappa shape index (κ3) is 4.28. The number of rotatable bonds is 4. The van der Waals surface area contributed by atoms with Crippen LogP contribution in [-0.2, 0) is 14.3 Å². The van der Waals surface area contributed by atoms with Crippen LogP contribution in [0.25, 0.3) is 0 Å². The number of benzene rings is 1. The molecule has 1 aliphatic heterocycles. The van der Waals surface area contributed by atoms with Crippen LogP contribution in [0, 0.1) is 11.8 Å². The average Bonchev–Trinajstić information content (AvgIpc) is 2.68. The van der Waals surface area contributed by atoms with Crippen molar-refractivity contribution in [2.24, 2.45) is 11.8 Å². The highest BCUT2D eigenvalue weighted by Crippen LogP contribution is 2.29. The molecule has 0 radical (unpaired) electrons. The van der Waals surface area contributed by atoms with Gasteiger partial charge in [0.15, 0.2) is 0 Å². The molecule has 1 aromatic carbocycles. The van der Waals surface area contributed by atoms with Crippen LogP contribution in [-0.4, -0.2) is 43.0 Å². The Labute approximate surface area is 149 Å². The van der Waals surface area contributed by atoms with Gasteiger partial charge < -0.3 is 15.0 Å². The fourth-order valence-corrected chi connectivity index (χ4v) is 3.54. The number of nitrogens with zero attached hydrogens (tertiary/aromatic N) is 1. The van der Waals surface area contributed by atoms with E-state index in [1.165, 1.54) is 0 Å². The standard InChI is InChI=1S/C20H26N2O3/c1-15(16-7-3-2-4-8-16)21-19(23)17-9-5-6-10-18(17)20(24)22-11-13-25-14-12-22/h2-8,15,17-18H,9-14H2,1H3,(H,21,23)/t15-,17+,18-/m0/s1. The number of allylic oxidation sites excluding steroid dienone is 2. The van der Waals surface area contributed by atoms with E-state index in [0.29, 0.717) is 39.1 Å². The second-order valence-electron chi connectivity index (χ2n) is 6.73. The van der Waals surface area contributed by atoms with E-state index >= 15 is 0 Å². The average molecular weight is 342 g/mol. The zero-order valence-corrected chi connectivity index (χ0v) is 14.7. The molecule has 1 heterocycles. The van der Waals surface area contributed by atoms with E-state index in [4.69, 9.17) is 4.74 Å². The van der Waals surface area contributed by atoms with Crippen LogP contribution in [0.1, 0.15) is 31.4 Å². The SMILES string of the molecule is C[C@H](NC(=O)[C@@H]1CC=CC[C@@H]1C(=O)N1CCOCC1)c1ccccc1. The van der Waals surface area contributed by atoms with E-state index in [2.05, 4.69) is 5.32 Å². The summed E-state index contributed by atoms with van der Waals surface area (Å²) in [6.45, 7) is 4.37. The predicted octanol–water partition coefficient (Wildman–Crippen LogP) is 2.30. The number of carbonyl (C=O) groups is 2. The predicted molar refractivity (Wildman–Crippen MR) is 95.8 cm³/mol. The topological polar surface area (TPSA) is 58.6 Å². The van der Waals surface area contributed by atoms with Gasteiger partial charge in [0.1, 0.15) is 0 Å². The summed E-state index contributed by atoms with van der Waals surface area (Å²) in [5.41, 5.74) is 1.07.